The van der Waals surface area contributed by atoms with Gasteiger partial charge in [-0.05, 0) is 53.8 Å². The van der Waals surface area contributed by atoms with Crippen molar-refractivity contribution in [3.8, 4) is 5.75 Å². The predicted octanol–water partition coefficient (Wildman–Crippen LogP) is 6.34. The maximum Gasteiger partial charge on any atom is 0.335 e. The van der Waals surface area contributed by atoms with E-state index in [-0.39, 0.29) is 5.56 Å². The molecule has 5 heteroatoms. The summed E-state index contributed by atoms with van der Waals surface area (Å²) in [4.78, 5) is 13.2. The quantitative estimate of drug-likeness (QED) is 0.181. The number of hydrogen-bond donors (Lipinski definition) is 2. The van der Waals surface area contributed by atoms with E-state index in [9.17, 15) is 9.90 Å². The summed E-state index contributed by atoms with van der Waals surface area (Å²) in [6.45, 7) is 4.37. The number of aliphatic hydroxyl groups excluding tert-OH is 1. The normalized spacial score (nSPS) is 12.0. The van der Waals surface area contributed by atoms with Crippen molar-refractivity contribution < 1.29 is 19.7 Å². The second-order valence-electron chi connectivity index (χ2n) is 9.31. The van der Waals surface area contributed by atoms with Crippen LogP contribution in [0.4, 0.5) is 0 Å². The van der Waals surface area contributed by atoms with Gasteiger partial charge in [0.05, 0.1) is 5.56 Å². The first-order valence-corrected chi connectivity index (χ1v) is 13.0. The van der Waals surface area contributed by atoms with E-state index in [0.29, 0.717) is 18.8 Å². The predicted molar refractivity (Wildman–Crippen MR) is 144 cm³/mol. The molecule has 3 rings (SSSR count). The average Bonchev–Trinajstić information content (AvgIpc) is 2.90. The van der Waals surface area contributed by atoms with Crippen LogP contribution in [-0.2, 0) is 19.4 Å². The Bertz CT molecular complexity index is 1020. The fourth-order valence-corrected chi connectivity index (χ4v) is 4.22. The van der Waals surface area contributed by atoms with E-state index in [2.05, 4.69) is 36.1 Å². The van der Waals surface area contributed by atoms with Crippen molar-refractivity contribution in [1.29, 1.82) is 0 Å². The van der Waals surface area contributed by atoms with Crippen molar-refractivity contribution in [3.63, 3.8) is 0 Å². The van der Waals surface area contributed by atoms with E-state index >= 15 is 0 Å². The minimum absolute atomic E-state index is 0.240. The minimum atomic E-state index is -0.950. The van der Waals surface area contributed by atoms with Crippen LogP contribution in [0.2, 0.25) is 0 Å². The first-order chi connectivity index (χ1) is 17.5. The standard InChI is InChI=1S/C31H39NO4/c1-2-3-4-5-9-21-32(22-20-25-10-7-6-8-11-25)30(33)23-26-12-14-27(15-13-26)24-36-29-18-16-28(17-19-29)31(34)35/h6-8,10-19,30,33H,2-5,9,20-24H2,1H3,(H,34,35). The molecule has 3 aromatic rings. The molecule has 0 amide bonds. The highest BCUT2D eigenvalue weighted by molar-refractivity contribution is 5.87. The van der Waals surface area contributed by atoms with E-state index in [0.717, 1.165) is 37.1 Å². The Kier molecular flexibility index (Phi) is 11.5. The van der Waals surface area contributed by atoms with Crippen LogP contribution < -0.4 is 4.74 Å². The van der Waals surface area contributed by atoms with E-state index < -0.39 is 12.2 Å². The highest BCUT2D eigenvalue weighted by Gasteiger charge is 2.16. The summed E-state index contributed by atoms with van der Waals surface area (Å²) < 4.78 is 5.78. The molecule has 1 unspecified atom stereocenters. The van der Waals surface area contributed by atoms with Crippen molar-refractivity contribution in [1.82, 2.24) is 4.90 Å². The van der Waals surface area contributed by atoms with Gasteiger partial charge in [0.1, 0.15) is 18.6 Å². The molecule has 1 atom stereocenters. The summed E-state index contributed by atoms with van der Waals surface area (Å²) in [5.41, 5.74) is 3.65. The highest BCUT2D eigenvalue weighted by Crippen LogP contribution is 2.16. The summed E-state index contributed by atoms with van der Waals surface area (Å²) in [5.74, 6) is -0.318. The smallest absolute Gasteiger partial charge is 0.335 e. The van der Waals surface area contributed by atoms with Gasteiger partial charge in [-0.15, -0.1) is 0 Å². The number of benzene rings is 3. The highest BCUT2D eigenvalue weighted by atomic mass is 16.5. The Hall–Kier alpha value is -3.15. The topological polar surface area (TPSA) is 70.0 Å². The van der Waals surface area contributed by atoms with Crippen LogP contribution in [0, 0.1) is 0 Å². The SMILES string of the molecule is CCCCCCCN(CCc1ccccc1)C(O)Cc1ccc(COc2ccc(C(=O)O)cc2)cc1. The molecule has 2 N–H and O–H groups in total. The number of hydrogen-bond acceptors (Lipinski definition) is 4. The number of carboxylic acid groups (broad SMARTS) is 1. The van der Waals surface area contributed by atoms with E-state index in [1.54, 1.807) is 12.1 Å². The van der Waals surface area contributed by atoms with E-state index in [1.807, 2.05) is 30.3 Å². The fraction of sp³-hybridized carbons (Fsp3) is 0.387. The van der Waals surface area contributed by atoms with Gasteiger partial charge in [0, 0.05) is 19.5 Å². The van der Waals surface area contributed by atoms with Gasteiger partial charge in [0.25, 0.3) is 0 Å². The zero-order valence-electron chi connectivity index (χ0n) is 21.3. The third kappa shape index (κ3) is 9.48. The second kappa shape index (κ2) is 15.1. The van der Waals surface area contributed by atoms with E-state index in [4.69, 9.17) is 9.84 Å². The van der Waals surface area contributed by atoms with Gasteiger partial charge in [-0.1, -0.05) is 87.2 Å². The number of carboxylic acids is 1. The van der Waals surface area contributed by atoms with Gasteiger partial charge in [0.15, 0.2) is 0 Å². The van der Waals surface area contributed by atoms with Gasteiger partial charge < -0.3 is 14.9 Å². The van der Waals surface area contributed by atoms with Gasteiger partial charge in [0.2, 0.25) is 0 Å². The minimum Gasteiger partial charge on any atom is -0.489 e. The zero-order chi connectivity index (χ0) is 25.6. The van der Waals surface area contributed by atoms with Gasteiger partial charge in [-0.2, -0.15) is 0 Å². The maximum atomic E-state index is 11.1. The molecule has 0 bridgehead atoms. The van der Waals surface area contributed by atoms with Crippen molar-refractivity contribution in [2.75, 3.05) is 13.1 Å². The zero-order valence-corrected chi connectivity index (χ0v) is 21.3. The molecule has 0 aliphatic heterocycles. The molecule has 0 fully saturated rings. The lowest BCUT2D eigenvalue weighted by Crippen LogP contribution is -2.39. The van der Waals surface area contributed by atoms with Crippen LogP contribution in [0.5, 0.6) is 5.75 Å². The molecule has 0 saturated heterocycles. The number of rotatable bonds is 16. The fourth-order valence-electron chi connectivity index (χ4n) is 4.22. The first-order valence-electron chi connectivity index (χ1n) is 13.0. The average molecular weight is 490 g/mol. The van der Waals surface area contributed by atoms with Crippen molar-refractivity contribution >= 4 is 5.97 Å². The number of nitrogens with zero attached hydrogens (tertiary/aromatic N) is 1. The molecular formula is C31H39NO4. The van der Waals surface area contributed by atoms with Gasteiger partial charge in [-0.3, -0.25) is 4.90 Å². The molecule has 192 valence electrons. The van der Waals surface area contributed by atoms with Crippen LogP contribution in [0.25, 0.3) is 0 Å². The molecule has 0 saturated carbocycles. The lowest BCUT2D eigenvalue weighted by Gasteiger charge is -2.28. The van der Waals surface area contributed by atoms with Crippen molar-refractivity contribution in [3.05, 3.63) is 101 Å². The van der Waals surface area contributed by atoms with Crippen LogP contribution in [0.3, 0.4) is 0 Å². The molecule has 3 aromatic carbocycles. The first kappa shape index (κ1) is 27.4. The van der Waals surface area contributed by atoms with Crippen LogP contribution >= 0.6 is 0 Å². The monoisotopic (exact) mass is 489 g/mol. The molecule has 0 aliphatic carbocycles. The second-order valence-corrected chi connectivity index (χ2v) is 9.31. The lowest BCUT2D eigenvalue weighted by molar-refractivity contribution is 0.00384. The maximum absolute atomic E-state index is 11.1. The Morgan fingerprint density at radius 2 is 1.47 bits per heavy atom. The van der Waals surface area contributed by atoms with Crippen LogP contribution in [0.1, 0.15) is 66.1 Å². The molecule has 0 radical (unpaired) electrons. The Morgan fingerprint density at radius 1 is 0.806 bits per heavy atom. The summed E-state index contributed by atoms with van der Waals surface area (Å²) in [7, 11) is 0. The van der Waals surface area contributed by atoms with Gasteiger partial charge >= 0.3 is 5.97 Å². The van der Waals surface area contributed by atoms with E-state index in [1.165, 1.54) is 43.4 Å². The number of aromatic carboxylic acids is 1. The van der Waals surface area contributed by atoms with Crippen molar-refractivity contribution in [2.45, 2.75) is 64.7 Å². The number of carbonyl (C=O) groups is 1. The van der Waals surface area contributed by atoms with Crippen LogP contribution in [-0.4, -0.2) is 40.4 Å². The molecule has 0 aliphatic rings. The summed E-state index contributed by atoms with van der Waals surface area (Å²) >= 11 is 0. The summed E-state index contributed by atoms with van der Waals surface area (Å²) in [6.07, 6.45) is 7.07. The third-order valence-corrected chi connectivity index (χ3v) is 6.45. The molecule has 0 spiro atoms. The summed E-state index contributed by atoms with van der Waals surface area (Å²) in [6, 6.07) is 25.0. The third-order valence-electron chi connectivity index (χ3n) is 6.45. The lowest BCUT2D eigenvalue weighted by atomic mass is 10.1. The summed E-state index contributed by atoms with van der Waals surface area (Å²) in [5, 5.41) is 20.1. The number of aliphatic hydroxyl groups is 1. The molecule has 5 nitrogen and oxygen atoms in total. The number of unbranched alkanes of at least 4 members (excludes halogenated alkanes) is 4. The molecular weight excluding hydrogens is 450 g/mol. The van der Waals surface area contributed by atoms with Gasteiger partial charge in [-0.25, -0.2) is 4.79 Å². The van der Waals surface area contributed by atoms with Crippen LogP contribution in [0.15, 0.2) is 78.9 Å². The Morgan fingerprint density at radius 3 is 2.14 bits per heavy atom. The number of ether oxygens (including phenoxy) is 1. The Balaban J connectivity index is 1.52. The van der Waals surface area contributed by atoms with Crippen molar-refractivity contribution in [2.24, 2.45) is 0 Å². The largest absolute Gasteiger partial charge is 0.489 e. The molecule has 0 heterocycles. The molecule has 36 heavy (non-hydrogen) atoms. The Labute approximate surface area is 215 Å². The molecule has 0 aromatic heterocycles.